The second kappa shape index (κ2) is 6.96. The lowest BCUT2D eigenvalue weighted by Gasteiger charge is -2.10. The van der Waals surface area contributed by atoms with E-state index in [1.165, 1.54) is 5.56 Å². The highest BCUT2D eigenvalue weighted by atomic mass is 32.1. The smallest absolute Gasteiger partial charge is 0.251 e. The van der Waals surface area contributed by atoms with Gasteiger partial charge in [-0.1, -0.05) is 29.8 Å². The molecule has 2 heterocycles. The van der Waals surface area contributed by atoms with E-state index in [0.717, 1.165) is 33.5 Å². The van der Waals surface area contributed by atoms with E-state index in [4.69, 9.17) is 12.2 Å². The fourth-order valence-corrected chi connectivity index (χ4v) is 3.74. The van der Waals surface area contributed by atoms with Crippen LogP contribution in [0.5, 0.6) is 0 Å². The van der Waals surface area contributed by atoms with E-state index >= 15 is 0 Å². The van der Waals surface area contributed by atoms with Gasteiger partial charge in [0, 0.05) is 28.6 Å². The molecule has 4 aromatic rings. The van der Waals surface area contributed by atoms with E-state index in [1.54, 1.807) is 0 Å². The normalized spacial score (nSPS) is 11.2. The summed E-state index contributed by atoms with van der Waals surface area (Å²) in [6.07, 6.45) is 1.21. The minimum absolute atomic E-state index is 0.0377. The third-order valence-corrected chi connectivity index (χ3v) is 5.18. The molecule has 0 bridgehead atoms. The van der Waals surface area contributed by atoms with Gasteiger partial charge < -0.3 is 4.98 Å². The van der Waals surface area contributed by atoms with Crippen molar-refractivity contribution < 1.29 is 0 Å². The van der Waals surface area contributed by atoms with Gasteiger partial charge in [0.25, 0.3) is 5.56 Å². The third-order valence-electron chi connectivity index (χ3n) is 4.91. The van der Waals surface area contributed by atoms with E-state index < -0.39 is 0 Å². The Morgan fingerprint density at radius 3 is 2.63 bits per heavy atom. The number of hydrogen-bond acceptors (Lipinski definition) is 3. The summed E-state index contributed by atoms with van der Waals surface area (Å²) < 4.78 is 2.47. The highest BCUT2D eigenvalue weighted by Gasteiger charge is 2.13. The molecule has 0 spiro atoms. The maximum absolute atomic E-state index is 12.6. The second-order valence-electron chi connectivity index (χ2n) is 6.72. The fourth-order valence-electron chi connectivity index (χ4n) is 3.49. The summed E-state index contributed by atoms with van der Waals surface area (Å²) >= 11 is 5.39. The predicted octanol–water partition coefficient (Wildman–Crippen LogP) is 4.17. The van der Waals surface area contributed by atoms with Crippen molar-refractivity contribution in [2.45, 2.75) is 26.7 Å². The highest BCUT2D eigenvalue weighted by molar-refractivity contribution is 7.71. The molecule has 0 saturated carbocycles. The van der Waals surface area contributed by atoms with Crippen molar-refractivity contribution in [3.8, 4) is 5.69 Å². The maximum Gasteiger partial charge on any atom is 0.251 e. The van der Waals surface area contributed by atoms with Gasteiger partial charge in [-0.3, -0.25) is 14.5 Å². The van der Waals surface area contributed by atoms with Crippen LogP contribution in [0.1, 0.15) is 22.5 Å². The van der Waals surface area contributed by atoms with Crippen molar-refractivity contribution in [2.75, 3.05) is 0 Å². The quantitative estimate of drug-likeness (QED) is 0.525. The average Bonchev–Trinajstić information content (AvgIpc) is 3.03. The van der Waals surface area contributed by atoms with Gasteiger partial charge in [-0.05, 0) is 62.3 Å². The molecule has 5 nitrogen and oxygen atoms in total. The Balaban J connectivity index is 1.71. The lowest BCUT2D eigenvalue weighted by atomic mass is 10.00. The average molecular weight is 376 g/mol. The Morgan fingerprint density at radius 2 is 1.85 bits per heavy atom. The van der Waals surface area contributed by atoms with Crippen LogP contribution in [-0.2, 0) is 12.8 Å². The van der Waals surface area contributed by atoms with Crippen LogP contribution in [0.2, 0.25) is 0 Å². The molecule has 2 aromatic heterocycles. The summed E-state index contributed by atoms with van der Waals surface area (Å²) in [4.78, 5) is 15.6. The first-order valence-corrected chi connectivity index (χ1v) is 9.29. The molecule has 0 radical (unpaired) electrons. The SMILES string of the molecule is Cc1ccc2[nH]c(=O)c(CCc3n[nH]c(=S)n3-c3ccccc3)c(C)c2c1. The van der Waals surface area contributed by atoms with Gasteiger partial charge in [-0.2, -0.15) is 5.10 Å². The fraction of sp³-hybridized carbons (Fsp3) is 0.190. The van der Waals surface area contributed by atoms with Crippen LogP contribution < -0.4 is 5.56 Å². The minimum atomic E-state index is -0.0377. The number of para-hydroxylation sites is 1. The van der Waals surface area contributed by atoms with E-state index in [1.807, 2.05) is 54.0 Å². The van der Waals surface area contributed by atoms with Crippen molar-refractivity contribution in [3.63, 3.8) is 0 Å². The van der Waals surface area contributed by atoms with E-state index in [2.05, 4.69) is 28.2 Å². The molecule has 27 heavy (non-hydrogen) atoms. The maximum atomic E-state index is 12.6. The molecule has 4 rings (SSSR count). The van der Waals surface area contributed by atoms with Crippen LogP contribution in [-0.4, -0.2) is 19.7 Å². The first-order valence-electron chi connectivity index (χ1n) is 8.88. The van der Waals surface area contributed by atoms with Gasteiger partial charge in [-0.25, -0.2) is 0 Å². The number of H-pyrrole nitrogens is 2. The Morgan fingerprint density at radius 1 is 1.07 bits per heavy atom. The lowest BCUT2D eigenvalue weighted by molar-refractivity contribution is 0.810. The predicted molar refractivity (Wildman–Crippen MR) is 110 cm³/mol. The molecule has 0 fully saturated rings. The van der Waals surface area contributed by atoms with Crippen LogP contribution >= 0.6 is 12.2 Å². The summed E-state index contributed by atoms with van der Waals surface area (Å²) in [6.45, 7) is 4.07. The van der Waals surface area contributed by atoms with Crippen LogP contribution in [0.4, 0.5) is 0 Å². The second-order valence-corrected chi connectivity index (χ2v) is 7.11. The Labute approximate surface area is 161 Å². The molecule has 6 heteroatoms. The van der Waals surface area contributed by atoms with Crippen molar-refractivity contribution in [1.29, 1.82) is 0 Å². The van der Waals surface area contributed by atoms with Gasteiger partial charge >= 0.3 is 0 Å². The molecule has 0 unspecified atom stereocenters. The first-order chi connectivity index (χ1) is 13.0. The van der Waals surface area contributed by atoms with E-state index in [-0.39, 0.29) is 5.56 Å². The van der Waals surface area contributed by atoms with Gasteiger partial charge in [0.2, 0.25) is 0 Å². The summed E-state index contributed by atoms with van der Waals surface area (Å²) in [5, 5.41) is 8.33. The van der Waals surface area contributed by atoms with E-state index in [0.29, 0.717) is 17.6 Å². The van der Waals surface area contributed by atoms with Gasteiger partial charge in [0.15, 0.2) is 4.77 Å². The molecule has 2 aromatic carbocycles. The topological polar surface area (TPSA) is 66.5 Å². The number of pyridine rings is 1. The molecule has 0 aliphatic carbocycles. The van der Waals surface area contributed by atoms with Crippen molar-refractivity contribution in [2.24, 2.45) is 0 Å². The van der Waals surface area contributed by atoms with Gasteiger partial charge in [-0.15, -0.1) is 0 Å². The minimum Gasteiger partial charge on any atom is -0.322 e. The van der Waals surface area contributed by atoms with Crippen molar-refractivity contribution in [3.05, 3.63) is 86.2 Å². The summed E-state index contributed by atoms with van der Waals surface area (Å²) in [7, 11) is 0. The molecule has 2 N–H and O–H groups in total. The number of rotatable bonds is 4. The largest absolute Gasteiger partial charge is 0.322 e. The molecular weight excluding hydrogens is 356 g/mol. The Bertz CT molecular complexity index is 1230. The summed E-state index contributed by atoms with van der Waals surface area (Å²) in [6, 6.07) is 16.0. The number of aromatic amines is 2. The zero-order valence-electron chi connectivity index (χ0n) is 15.2. The molecule has 0 amide bonds. The third kappa shape index (κ3) is 3.24. The van der Waals surface area contributed by atoms with Crippen molar-refractivity contribution >= 4 is 23.1 Å². The standard InChI is InChI=1S/C21H20N4OS/c1-13-8-10-18-17(12-13)14(2)16(20(26)22-18)9-11-19-23-24-21(27)25(19)15-6-4-3-5-7-15/h3-8,10,12H,9,11H2,1-2H3,(H,22,26)(H,24,27). The van der Waals surface area contributed by atoms with E-state index in [9.17, 15) is 4.79 Å². The molecule has 0 aliphatic heterocycles. The summed E-state index contributed by atoms with van der Waals surface area (Å²) in [5.41, 5.74) is 4.79. The number of aromatic nitrogens is 4. The van der Waals surface area contributed by atoms with Crippen LogP contribution in [0.15, 0.2) is 53.3 Å². The monoisotopic (exact) mass is 376 g/mol. The number of aryl methyl sites for hydroxylation is 3. The van der Waals surface area contributed by atoms with Crippen molar-refractivity contribution in [1.82, 2.24) is 19.7 Å². The number of nitrogens with zero attached hydrogens (tertiary/aromatic N) is 2. The zero-order valence-corrected chi connectivity index (χ0v) is 16.1. The Hall–Kier alpha value is -2.99. The zero-order chi connectivity index (χ0) is 19.0. The van der Waals surface area contributed by atoms with Crippen LogP contribution in [0.25, 0.3) is 16.6 Å². The first kappa shape index (κ1) is 17.4. The molecule has 0 atom stereocenters. The highest BCUT2D eigenvalue weighted by Crippen LogP contribution is 2.20. The molecular formula is C21H20N4OS. The number of hydrogen-bond donors (Lipinski definition) is 2. The van der Waals surface area contributed by atoms with Gasteiger partial charge in [0.1, 0.15) is 5.82 Å². The number of fused-ring (bicyclic) bond motifs is 1. The van der Waals surface area contributed by atoms with Crippen LogP contribution in [0, 0.1) is 18.6 Å². The molecule has 136 valence electrons. The number of benzene rings is 2. The van der Waals surface area contributed by atoms with Crippen LogP contribution in [0.3, 0.4) is 0 Å². The van der Waals surface area contributed by atoms with Gasteiger partial charge in [0.05, 0.1) is 0 Å². The molecule has 0 saturated heterocycles. The summed E-state index contributed by atoms with van der Waals surface area (Å²) in [5.74, 6) is 0.814. The molecule has 0 aliphatic rings. The Kier molecular flexibility index (Phi) is 4.49. The number of nitrogens with one attached hydrogen (secondary N) is 2. The lowest BCUT2D eigenvalue weighted by Crippen LogP contribution is -2.16.